The highest BCUT2D eigenvalue weighted by atomic mass is 35.5. The molecule has 0 unspecified atom stereocenters. The number of benzene rings is 1. The highest BCUT2D eigenvalue weighted by Gasteiger charge is 2.15. The lowest BCUT2D eigenvalue weighted by atomic mass is 10.2. The van der Waals surface area contributed by atoms with Crippen LogP contribution in [0.2, 0.25) is 5.02 Å². The number of fused-ring (bicyclic) bond motifs is 1. The van der Waals surface area contributed by atoms with Gasteiger partial charge in [-0.25, -0.2) is 4.98 Å². The maximum absolute atomic E-state index is 12.6. The molecular weight excluding hydrogens is 310 g/mol. The van der Waals surface area contributed by atoms with Crippen molar-refractivity contribution < 1.29 is 4.79 Å². The number of nitrogens with one attached hydrogen (secondary N) is 1. The van der Waals surface area contributed by atoms with Crippen molar-refractivity contribution in [3.05, 3.63) is 33.6 Å². The van der Waals surface area contributed by atoms with E-state index in [-0.39, 0.29) is 23.3 Å². The zero-order chi connectivity index (χ0) is 15.6. The Labute approximate surface area is 131 Å². The van der Waals surface area contributed by atoms with E-state index in [1.807, 2.05) is 13.8 Å². The molecule has 7 heteroatoms. The van der Waals surface area contributed by atoms with Crippen LogP contribution in [0.15, 0.2) is 28.2 Å². The van der Waals surface area contributed by atoms with Crippen molar-refractivity contribution >= 4 is 40.2 Å². The number of carbonyl (C=O) groups excluding carboxylic acids is 1. The smallest absolute Gasteiger partial charge is 0.262 e. The third kappa shape index (κ3) is 3.39. The third-order valence-corrected chi connectivity index (χ3v) is 4.15. The lowest BCUT2D eigenvalue weighted by molar-refractivity contribution is -0.118. The number of amides is 1. The van der Waals surface area contributed by atoms with Gasteiger partial charge in [0.15, 0.2) is 5.16 Å². The number of thioether (sulfide) groups is 1. The summed E-state index contributed by atoms with van der Waals surface area (Å²) in [6.07, 6.45) is 0. The molecule has 21 heavy (non-hydrogen) atoms. The van der Waals surface area contributed by atoms with Gasteiger partial charge in [-0.1, -0.05) is 23.4 Å². The first kappa shape index (κ1) is 15.9. The predicted octanol–water partition coefficient (Wildman–Crippen LogP) is 2.47. The molecule has 0 aliphatic rings. The second kappa shape index (κ2) is 6.49. The lowest BCUT2D eigenvalue weighted by Crippen LogP contribution is -2.26. The zero-order valence-corrected chi connectivity index (χ0v) is 13.6. The summed E-state index contributed by atoms with van der Waals surface area (Å²) >= 11 is 7.20. The van der Waals surface area contributed by atoms with E-state index in [0.717, 1.165) is 0 Å². The number of nitrogens with zero attached hydrogens (tertiary/aromatic N) is 2. The minimum Gasteiger partial charge on any atom is -0.358 e. The van der Waals surface area contributed by atoms with Gasteiger partial charge in [-0.3, -0.25) is 14.2 Å². The maximum atomic E-state index is 12.6. The number of aromatic nitrogens is 2. The van der Waals surface area contributed by atoms with Gasteiger partial charge in [0.05, 0.1) is 16.7 Å². The first-order valence-electron chi connectivity index (χ1n) is 6.49. The van der Waals surface area contributed by atoms with Crippen LogP contribution in [0, 0.1) is 0 Å². The van der Waals surface area contributed by atoms with Crippen LogP contribution in [0.5, 0.6) is 0 Å². The van der Waals surface area contributed by atoms with Crippen LogP contribution in [0.25, 0.3) is 10.9 Å². The Balaban J connectivity index is 2.58. The minimum absolute atomic E-state index is 0.0442. The lowest BCUT2D eigenvalue weighted by Gasteiger charge is -2.15. The molecule has 0 spiro atoms. The van der Waals surface area contributed by atoms with Crippen LogP contribution in [0.1, 0.15) is 19.9 Å². The zero-order valence-electron chi connectivity index (χ0n) is 12.0. The van der Waals surface area contributed by atoms with Crippen molar-refractivity contribution in [2.45, 2.75) is 25.0 Å². The third-order valence-electron chi connectivity index (χ3n) is 2.96. The van der Waals surface area contributed by atoms with Gasteiger partial charge in [0, 0.05) is 18.1 Å². The van der Waals surface area contributed by atoms with E-state index < -0.39 is 0 Å². The maximum Gasteiger partial charge on any atom is 0.262 e. The molecule has 2 rings (SSSR count). The van der Waals surface area contributed by atoms with Crippen molar-refractivity contribution in [1.82, 2.24) is 14.9 Å². The van der Waals surface area contributed by atoms with Gasteiger partial charge < -0.3 is 5.32 Å². The average Bonchev–Trinajstić information content (AvgIpc) is 2.43. The van der Waals surface area contributed by atoms with Crippen molar-refractivity contribution in [3.63, 3.8) is 0 Å². The van der Waals surface area contributed by atoms with Crippen LogP contribution in [-0.4, -0.2) is 28.3 Å². The van der Waals surface area contributed by atoms with Gasteiger partial charge in [-0.2, -0.15) is 0 Å². The summed E-state index contributed by atoms with van der Waals surface area (Å²) in [6, 6.07) is 4.97. The molecule has 1 aromatic heterocycles. The van der Waals surface area contributed by atoms with E-state index in [0.29, 0.717) is 21.1 Å². The van der Waals surface area contributed by atoms with E-state index in [1.54, 1.807) is 29.8 Å². The number of hydrogen-bond acceptors (Lipinski definition) is 4. The molecule has 1 heterocycles. The molecule has 112 valence electrons. The van der Waals surface area contributed by atoms with Gasteiger partial charge >= 0.3 is 0 Å². The van der Waals surface area contributed by atoms with Gasteiger partial charge in [0.25, 0.3) is 5.56 Å². The van der Waals surface area contributed by atoms with Crippen LogP contribution in [-0.2, 0) is 4.79 Å². The molecule has 0 saturated carbocycles. The normalized spacial score (nSPS) is 11.1. The Kier molecular flexibility index (Phi) is 4.90. The molecule has 0 aliphatic carbocycles. The molecule has 5 nitrogen and oxygen atoms in total. The summed E-state index contributed by atoms with van der Waals surface area (Å²) in [7, 11) is 1.58. The summed E-state index contributed by atoms with van der Waals surface area (Å²) in [5.41, 5.74) is 0.426. The minimum atomic E-state index is -0.119. The Morgan fingerprint density at radius 2 is 2.19 bits per heavy atom. The first-order valence-corrected chi connectivity index (χ1v) is 7.85. The fraction of sp³-hybridized carbons (Fsp3) is 0.357. The Morgan fingerprint density at radius 1 is 1.48 bits per heavy atom. The second-order valence-corrected chi connectivity index (χ2v) is 6.17. The van der Waals surface area contributed by atoms with Gasteiger partial charge in [-0.05, 0) is 32.0 Å². The first-order chi connectivity index (χ1) is 9.93. The Hall–Kier alpha value is -1.53. The van der Waals surface area contributed by atoms with E-state index in [9.17, 15) is 9.59 Å². The highest BCUT2D eigenvalue weighted by Crippen LogP contribution is 2.22. The molecule has 0 radical (unpaired) electrons. The quantitative estimate of drug-likeness (QED) is 0.693. The average molecular weight is 326 g/mol. The molecule has 0 atom stereocenters. The Bertz CT molecular complexity index is 743. The van der Waals surface area contributed by atoms with Gasteiger partial charge in [0.2, 0.25) is 5.91 Å². The van der Waals surface area contributed by atoms with Crippen LogP contribution < -0.4 is 10.9 Å². The number of rotatable bonds is 4. The van der Waals surface area contributed by atoms with Crippen molar-refractivity contribution in [2.24, 2.45) is 0 Å². The SMILES string of the molecule is CNC(=O)CSc1nc2cc(Cl)ccc2c(=O)n1C(C)C. The summed E-state index contributed by atoms with van der Waals surface area (Å²) < 4.78 is 1.60. The summed E-state index contributed by atoms with van der Waals surface area (Å²) in [5.74, 6) is 0.0950. The predicted molar refractivity (Wildman–Crippen MR) is 86.2 cm³/mol. The largest absolute Gasteiger partial charge is 0.358 e. The van der Waals surface area contributed by atoms with Crippen LogP contribution in [0.4, 0.5) is 0 Å². The Morgan fingerprint density at radius 3 is 2.81 bits per heavy atom. The fourth-order valence-electron chi connectivity index (χ4n) is 1.91. The molecule has 1 amide bonds. The van der Waals surface area contributed by atoms with Crippen LogP contribution in [0.3, 0.4) is 0 Å². The summed E-state index contributed by atoms with van der Waals surface area (Å²) in [4.78, 5) is 28.5. The molecule has 1 N–H and O–H groups in total. The number of hydrogen-bond donors (Lipinski definition) is 1. The van der Waals surface area contributed by atoms with Gasteiger partial charge in [-0.15, -0.1) is 0 Å². The van der Waals surface area contributed by atoms with E-state index in [2.05, 4.69) is 10.3 Å². The van der Waals surface area contributed by atoms with Crippen molar-refractivity contribution in [3.8, 4) is 0 Å². The van der Waals surface area contributed by atoms with Crippen molar-refractivity contribution in [1.29, 1.82) is 0 Å². The van der Waals surface area contributed by atoms with Gasteiger partial charge in [0.1, 0.15) is 0 Å². The van der Waals surface area contributed by atoms with Crippen molar-refractivity contribution in [2.75, 3.05) is 12.8 Å². The molecule has 1 aromatic carbocycles. The van der Waals surface area contributed by atoms with E-state index in [4.69, 9.17) is 11.6 Å². The number of carbonyl (C=O) groups is 1. The molecule has 0 fully saturated rings. The monoisotopic (exact) mass is 325 g/mol. The molecule has 0 aliphatic heterocycles. The summed E-state index contributed by atoms with van der Waals surface area (Å²) in [6.45, 7) is 3.82. The van der Waals surface area contributed by atoms with Crippen LogP contribution >= 0.6 is 23.4 Å². The molecular formula is C14H16ClN3O2S. The molecule has 2 aromatic rings. The molecule has 0 bridgehead atoms. The number of halogens is 1. The highest BCUT2D eigenvalue weighted by molar-refractivity contribution is 7.99. The molecule has 0 saturated heterocycles. The fourth-order valence-corrected chi connectivity index (χ4v) is 3.08. The summed E-state index contributed by atoms with van der Waals surface area (Å²) in [5, 5.41) is 4.12. The standard InChI is InChI=1S/C14H16ClN3O2S/c1-8(2)18-13(20)10-5-4-9(15)6-11(10)17-14(18)21-7-12(19)16-3/h4-6,8H,7H2,1-3H3,(H,16,19). The second-order valence-electron chi connectivity index (χ2n) is 4.79. The van der Waals surface area contributed by atoms with E-state index >= 15 is 0 Å². The topological polar surface area (TPSA) is 64.0 Å². The van der Waals surface area contributed by atoms with E-state index in [1.165, 1.54) is 11.8 Å².